The number of amides is 1. The van der Waals surface area contributed by atoms with Gasteiger partial charge in [-0.05, 0) is 36.4 Å². The summed E-state index contributed by atoms with van der Waals surface area (Å²) in [6.07, 6.45) is 1.28. The Kier molecular flexibility index (Phi) is 5.74. The van der Waals surface area contributed by atoms with Gasteiger partial charge in [0.05, 0.1) is 18.4 Å². The molecule has 0 aliphatic carbocycles. The van der Waals surface area contributed by atoms with E-state index in [9.17, 15) is 14.9 Å². The number of carbonyl (C=O) groups excluding carboxylic acids is 2. The summed E-state index contributed by atoms with van der Waals surface area (Å²) >= 11 is 0. The van der Waals surface area contributed by atoms with Crippen molar-refractivity contribution in [3.05, 3.63) is 65.9 Å². The summed E-state index contributed by atoms with van der Waals surface area (Å²) in [5, 5.41) is 14.6. The number of hydrogen-bond acceptors (Lipinski definition) is 6. The van der Waals surface area contributed by atoms with Gasteiger partial charge >= 0.3 is 5.97 Å². The zero-order valence-electron chi connectivity index (χ0n) is 13.4. The second kappa shape index (κ2) is 8.17. The molecule has 0 heterocycles. The molecule has 0 saturated carbocycles. The standard InChI is InChI=1S/C18H16N4O3/c1-25-18(24)15-4-2-3-5-16(15)22-17(23)12(10-19)11-21-14-8-6-13(20)7-9-14/h2-9,11,21H,20H2,1H3,(H,22,23)/b12-11-. The van der Waals surface area contributed by atoms with Crippen LogP contribution in [0.1, 0.15) is 10.4 Å². The Hall–Kier alpha value is -3.79. The Morgan fingerprint density at radius 2 is 1.84 bits per heavy atom. The van der Waals surface area contributed by atoms with Crippen LogP contribution in [-0.4, -0.2) is 19.0 Å². The molecule has 4 N–H and O–H groups in total. The number of hydrogen-bond donors (Lipinski definition) is 3. The number of anilines is 3. The molecule has 0 bridgehead atoms. The predicted molar refractivity (Wildman–Crippen MR) is 94.6 cm³/mol. The summed E-state index contributed by atoms with van der Waals surface area (Å²) in [5.74, 6) is -1.24. The van der Waals surface area contributed by atoms with Gasteiger partial charge in [-0.25, -0.2) is 4.79 Å². The summed E-state index contributed by atoms with van der Waals surface area (Å²) in [7, 11) is 1.25. The first-order valence-corrected chi connectivity index (χ1v) is 7.26. The average molecular weight is 336 g/mol. The van der Waals surface area contributed by atoms with E-state index >= 15 is 0 Å². The largest absolute Gasteiger partial charge is 0.465 e. The number of nitrogen functional groups attached to an aromatic ring is 1. The molecule has 0 saturated heterocycles. The van der Waals surface area contributed by atoms with Crippen LogP contribution >= 0.6 is 0 Å². The SMILES string of the molecule is COC(=O)c1ccccc1NC(=O)/C(C#N)=C\Nc1ccc(N)cc1. The second-order valence-electron chi connectivity index (χ2n) is 4.93. The highest BCUT2D eigenvalue weighted by Gasteiger charge is 2.15. The second-order valence-corrected chi connectivity index (χ2v) is 4.93. The molecular weight excluding hydrogens is 320 g/mol. The maximum Gasteiger partial charge on any atom is 0.339 e. The van der Waals surface area contributed by atoms with Crippen molar-refractivity contribution >= 4 is 28.9 Å². The quantitative estimate of drug-likeness (QED) is 0.334. The Morgan fingerprint density at radius 1 is 1.16 bits per heavy atom. The number of esters is 1. The number of rotatable bonds is 5. The van der Waals surface area contributed by atoms with E-state index in [0.717, 1.165) is 0 Å². The van der Waals surface area contributed by atoms with Crippen LogP contribution in [0.3, 0.4) is 0 Å². The molecule has 0 radical (unpaired) electrons. The number of benzene rings is 2. The number of nitrogens with one attached hydrogen (secondary N) is 2. The van der Waals surface area contributed by atoms with Crippen LogP contribution in [0, 0.1) is 11.3 Å². The average Bonchev–Trinajstić information content (AvgIpc) is 2.63. The lowest BCUT2D eigenvalue weighted by Gasteiger charge is -2.09. The molecular formula is C18H16N4O3. The molecule has 7 heteroatoms. The van der Waals surface area contributed by atoms with Crippen molar-refractivity contribution in [3.8, 4) is 6.07 Å². The van der Waals surface area contributed by atoms with Gasteiger partial charge in [0.2, 0.25) is 0 Å². The smallest absolute Gasteiger partial charge is 0.339 e. The van der Waals surface area contributed by atoms with Crippen molar-refractivity contribution in [1.82, 2.24) is 0 Å². The van der Waals surface area contributed by atoms with Gasteiger partial charge in [0, 0.05) is 17.6 Å². The molecule has 2 rings (SSSR count). The maximum atomic E-state index is 12.3. The summed E-state index contributed by atoms with van der Waals surface area (Å²) in [6.45, 7) is 0. The van der Waals surface area contributed by atoms with Gasteiger partial charge in [-0.1, -0.05) is 12.1 Å². The molecule has 2 aromatic carbocycles. The van der Waals surface area contributed by atoms with E-state index in [4.69, 9.17) is 5.73 Å². The first-order chi connectivity index (χ1) is 12.0. The van der Waals surface area contributed by atoms with Crippen molar-refractivity contribution in [2.24, 2.45) is 0 Å². The van der Waals surface area contributed by atoms with E-state index in [1.165, 1.54) is 19.4 Å². The van der Waals surface area contributed by atoms with Crippen LogP contribution in [-0.2, 0) is 9.53 Å². The molecule has 0 fully saturated rings. The summed E-state index contributed by atoms with van der Waals surface area (Å²) in [5.41, 5.74) is 7.17. The molecule has 0 unspecified atom stereocenters. The van der Waals surface area contributed by atoms with Crippen molar-refractivity contribution < 1.29 is 14.3 Å². The van der Waals surface area contributed by atoms with E-state index in [0.29, 0.717) is 11.4 Å². The first-order valence-electron chi connectivity index (χ1n) is 7.26. The van der Waals surface area contributed by atoms with Gasteiger partial charge < -0.3 is 21.1 Å². The lowest BCUT2D eigenvalue weighted by molar-refractivity contribution is -0.112. The van der Waals surface area contributed by atoms with Gasteiger partial charge in [0.1, 0.15) is 11.6 Å². The fraction of sp³-hybridized carbons (Fsp3) is 0.0556. The maximum absolute atomic E-state index is 12.3. The molecule has 126 valence electrons. The van der Waals surface area contributed by atoms with Crippen LogP contribution in [0.25, 0.3) is 0 Å². The fourth-order valence-corrected chi connectivity index (χ4v) is 1.95. The first kappa shape index (κ1) is 17.6. The van der Waals surface area contributed by atoms with E-state index in [1.807, 2.05) is 6.07 Å². The van der Waals surface area contributed by atoms with Crippen molar-refractivity contribution in [2.75, 3.05) is 23.5 Å². The number of para-hydroxylation sites is 1. The minimum atomic E-state index is -0.651. The Balaban J connectivity index is 2.15. The van der Waals surface area contributed by atoms with Crippen LogP contribution in [0.5, 0.6) is 0 Å². The highest BCUT2D eigenvalue weighted by Crippen LogP contribution is 2.17. The Labute approximate surface area is 144 Å². The van der Waals surface area contributed by atoms with E-state index in [1.54, 1.807) is 42.5 Å². The molecule has 0 spiro atoms. The lowest BCUT2D eigenvalue weighted by Crippen LogP contribution is -2.17. The number of ether oxygens (including phenoxy) is 1. The topological polar surface area (TPSA) is 117 Å². The molecule has 0 aliphatic rings. The zero-order valence-corrected chi connectivity index (χ0v) is 13.4. The number of nitrogens with zero attached hydrogens (tertiary/aromatic N) is 1. The highest BCUT2D eigenvalue weighted by molar-refractivity contribution is 6.09. The molecule has 25 heavy (non-hydrogen) atoms. The molecule has 0 aromatic heterocycles. The number of methoxy groups -OCH3 is 1. The Bertz CT molecular complexity index is 851. The third-order valence-electron chi connectivity index (χ3n) is 3.24. The van der Waals surface area contributed by atoms with Gasteiger partial charge in [0.25, 0.3) is 5.91 Å². The minimum Gasteiger partial charge on any atom is -0.465 e. The van der Waals surface area contributed by atoms with Crippen molar-refractivity contribution in [1.29, 1.82) is 5.26 Å². The molecule has 1 amide bonds. The Morgan fingerprint density at radius 3 is 2.48 bits per heavy atom. The number of nitriles is 1. The van der Waals surface area contributed by atoms with Crippen molar-refractivity contribution in [3.63, 3.8) is 0 Å². The van der Waals surface area contributed by atoms with Gasteiger partial charge in [-0.3, -0.25) is 4.79 Å². The van der Waals surface area contributed by atoms with Crippen LogP contribution in [0.4, 0.5) is 17.1 Å². The third-order valence-corrected chi connectivity index (χ3v) is 3.24. The monoisotopic (exact) mass is 336 g/mol. The highest BCUT2D eigenvalue weighted by atomic mass is 16.5. The van der Waals surface area contributed by atoms with Crippen molar-refractivity contribution in [2.45, 2.75) is 0 Å². The summed E-state index contributed by atoms with van der Waals surface area (Å²) in [6, 6.07) is 15.0. The molecule has 7 nitrogen and oxygen atoms in total. The van der Waals surface area contributed by atoms with Crippen LogP contribution < -0.4 is 16.4 Å². The lowest BCUT2D eigenvalue weighted by atomic mass is 10.1. The molecule has 0 atom stereocenters. The summed E-state index contributed by atoms with van der Waals surface area (Å²) < 4.78 is 4.67. The normalized spacial score (nSPS) is 10.5. The van der Waals surface area contributed by atoms with Gasteiger partial charge in [-0.2, -0.15) is 5.26 Å². The van der Waals surface area contributed by atoms with Gasteiger partial charge in [-0.15, -0.1) is 0 Å². The van der Waals surface area contributed by atoms with E-state index in [-0.39, 0.29) is 16.8 Å². The zero-order chi connectivity index (χ0) is 18.2. The van der Waals surface area contributed by atoms with E-state index in [2.05, 4.69) is 15.4 Å². The van der Waals surface area contributed by atoms with Gasteiger partial charge in [0.15, 0.2) is 0 Å². The number of nitrogens with two attached hydrogens (primary N) is 1. The van der Waals surface area contributed by atoms with E-state index < -0.39 is 11.9 Å². The molecule has 0 aliphatic heterocycles. The fourth-order valence-electron chi connectivity index (χ4n) is 1.95. The number of carbonyl (C=O) groups is 2. The minimum absolute atomic E-state index is 0.156. The summed E-state index contributed by atoms with van der Waals surface area (Å²) in [4.78, 5) is 24.0. The van der Waals surface area contributed by atoms with Crippen LogP contribution in [0.2, 0.25) is 0 Å². The third kappa shape index (κ3) is 4.59. The predicted octanol–water partition coefficient (Wildman–Crippen LogP) is 2.51. The van der Waals surface area contributed by atoms with Crippen LogP contribution in [0.15, 0.2) is 60.3 Å². The molecule has 2 aromatic rings.